The van der Waals surface area contributed by atoms with Gasteiger partial charge in [-0.3, -0.25) is 9.89 Å². The molecule has 10 heteroatoms. The van der Waals surface area contributed by atoms with Crippen LogP contribution in [0.4, 0.5) is 0 Å². The quantitative estimate of drug-likeness (QED) is 0.550. The molecular weight excluding hydrogens is 344 g/mol. The van der Waals surface area contributed by atoms with E-state index in [1.165, 1.54) is 7.05 Å². The lowest BCUT2D eigenvalue weighted by molar-refractivity contribution is 0.0951. The molecule has 0 aliphatic rings. The maximum absolute atomic E-state index is 12.0. The summed E-state index contributed by atoms with van der Waals surface area (Å²) < 4.78 is 26.8. The largest absolute Gasteiger partial charge is 0.350 e. The van der Waals surface area contributed by atoms with E-state index in [4.69, 9.17) is 0 Å². The first-order chi connectivity index (χ1) is 12.0. The number of aromatic amines is 1. The first-order valence-electron chi connectivity index (χ1n) is 7.62. The minimum absolute atomic E-state index is 0.0103. The van der Waals surface area contributed by atoms with Gasteiger partial charge in [0.15, 0.2) is 0 Å². The van der Waals surface area contributed by atoms with Gasteiger partial charge in [-0.1, -0.05) is 12.1 Å². The van der Waals surface area contributed by atoms with Gasteiger partial charge in [0.2, 0.25) is 10.0 Å². The summed E-state index contributed by atoms with van der Waals surface area (Å²) in [6.07, 6.45) is 1.73. The maximum Gasteiger partial charge on any atom is 0.271 e. The highest BCUT2D eigenvalue weighted by Crippen LogP contribution is 2.13. The molecule has 1 aromatic carbocycles. The average molecular weight is 362 g/mol. The lowest BCUT2D eigenvalue weighted by atomic mass is 10.3. The van der Waals surface area contributed by atoms with Gasteiger partial charge in [0, 0.05) is 6.54 Å². The van der Waals surface area contributed by atoms with E-state index < -0.39 is 15.9 Å². The van der Waals surface area contributed by atoms with Crippen molar-refractivity contribution in [2.45, 2.75) is 6.54 Å². The molecule has 3 rings (SSSR count). The van der Waals surface area contributed by atoms with Crippen LogP contribution in [-0.4, -0.2) is 53.4 Å². The van der Waals surface area contributed by atoms with Crippen molar-refractivity contribution in [2.24, 2.45) is 0 Å². The van der Waals surface area contributed by atoms with Crippen LogP contribution in [0.15, 0.2) is 36.7 Å². The van der Waals surface area contributed by atoms with Gasteiger partial charge >= 0.3 is 0 Å². The van der Waals surface area contributed by atoms with Crippen molar-refractivity contribution in [3.8, 4) is 0 Å². The summed E-state index contributed by atoms with van der Waals surface area (Å²) in [5, 5.41) is 9.33. The van der Waals surface area contributed by atoms with Crippen LogP contribution < -0.4 is 10.0 Å². The summed E-state index contributed by atoms with van der Waals surface area (Å²) in [6, 6.07) is 9.39. The van der Waals surface area contributed by atoms with Crippen LogP contribution in [0.3, 0.4) is 0 Å². The summed E-state index contributed by atoms with van der Waals surface area (Å²) in [5.74, 6) is -0.614. The Morgan fingerprint density at radius 2 is 2.12 bits per heavy atom. The Morgan fingerprint density at radius 1 is 1.32 bits per heavy atom. The molecular formula is C15H18N6O3S. The fourth-order valence-electron chi connectivity index (χ4n) is 2.37. The number of carbonyl (C=O) groups excluding carboxylic acids is 1. The first-order valence-corrected chi connectivity index (χ1v) is 9.27. The van der Waals surface area contributed by atoms with Crippen molar-refractivity contribution in [3.05, 3.63) is 48.0 Å². The zero-order valence-electron chi connectivity index (χ0n) is 13.6. The monoisotopic (exact) mass is 362 g/mol. The van der Waals surface area contributed by atoms with Crippen molar-refractivity contribution in [1.29, 1.82) is 0 Å². The fraction of sp³-hybridized carbons (Fsp3) is 0.267. The standard InChI is InChI=1S/C15H18N6O3S/c1-16-25(23,24)7-6-17-15(22)13-8-11(19-20-13)9-21-10-18-12-4-2-3-5-14(12)21/h2-5,8,10,16H,6-7,9H2,1H3,(H,17,22)(H,19,20). The number of hydrogen-bond acceptors (Lipinski definition) is 5. The summed E-state index contributed by atoms with van der Waals surface area (Å²) >= 11 is 0. The third-order valence-corrected chi connectivity index (χ3v) is 5.06. The Balaban J connectivity index is 1.63. The molecule has 0 saturated carbocycles. The number of nitrogens with one attached hydrogen (secondary N) is 3. The molecule has 0 saturated heterocycles. The molecule has 0 aliphatic heterocycles. The van der Waals surface area contributed by atoms with Gasteiger partial charge in [0.1, 0.15) is 5.69 Å². The Labute approximate surface area is 144 Å². The Morgan fingerprint density at radius 3 is 2.92 bits per heavy atom. The van der Waals surface area contributed by atoms with Crippen LogP contribution in [0.25, 0.3) is 11.0 Å². The third kappa shape index (κ3) is 4.03. The van der Waals surface area contributed by atoms with Crippen LogP contribution in [-0.2, 0) is 16.6 Å². The van der Waals surface area contributed by atoms with Gasteiger partial charge in [0.05, 0.1) is 35.4 Å². The molecule has 0 radical (unpaired) electrons. The van der Waals surface area contributed by atoms with E-state index in [9.17, 15) is 13.2 Å². The molecule has 9 nitrogen and oxygen atoms in total. The molecule has 0 unspecified atom stereocenters. The van der Waals surface area contributed by atoms with Crippen molar-refractivity contribution in [1.82, 2.24) is 29.8 Å². The number of fused-ring (bicyclic) bond motifs is 1. The first kappa shape index (κ1) is 17.1. The number of rotatable bonds is 7. The number of amides is 1. The number of para-hydroxylation sites is 2. The molecule has 0 bridgehead atoms. The lowest BCUT2D eigenvalue weighted by Crippen LogP contribution is -2.33. The van der Waals surface area contributed by atoms with Gasteiger partial charge in [-0.15, -0.1) is 0 Å². The number of benzene rings is 1. The molecule has 2 heterocycles. The van der Waals surface area contributed by atoms with Crippen molar-refractivity contribution in [2.75, 3.05) is 19.3 Å². The second-order valence-electron chi connectivity index (χ2n) is 5.42. The summed E-state index contributed by atoms with van der Waals surface area (Å²) in [6.45, 7) is 0.505. The molecule has 0 spiro atoms. The summed E-state index contributed by atoms with van der Waals surface area (Å²) in [4.78, 5) is 16.3. The van der Waals surface area contributed by atoms with Gasteiger partial charge in [-0.25, -0.2) is 18.1 Å². The molecule has 1 amide bonds. The SMILES string of the molecule is CNS(=O)(=O)CCNC(=O)c1cc(Cn2cnc3ccccc32)[nH]n1. The molecule has 132 valence electrons. The van der Waals surface area contributed by atoms with Crippen LogP contribution in [0, 0.1) is 0 Å². The topological polar surface area (TPSA) is 122 Å². The van der Waals surface area contributed by atoms with E-state index in [2.05, 4.69) is 25.2 Å². The van der Waals surface area contributed by atoms with Crippen LogP contribution in [0.5, 0.6) is 0 Å². The second kappa shape index (κ2) is 7.03. The van der Waals surface area contributed by atoms with Crippen molar-refractivity contribution in [3.63, 3.8) is 0 Å². The Kier molecular flexibility index (Phi) is 4.81. The van der Waals surface area contributed by atoms with Gasteiger partial charge in [0.25, 0.3) is 5.91 Å². The highest BCUT2D eigenvalue weighted by atomic mass is 32.2. The van der Waals surface area contributed by atoms with Gasteiger partial charge < -0.3 is 9.88 Å². The molecule has 25 heavy (non-hydrogen) atoms. The van der Waals surface area contributed by atoms with Crippen molar-refractivity contribution < 1.29 is 13.2 Å². The number of sulfonamides is 1. The number of carbonyl (C=O) groups is 1. The minimum atomic E-state index is -3.35. The highest BCUT2D eigenvalue weighted by molar-refractivity contribution is 7.89. The van der Waals surface area contributed by atoms with E-state index >= 15 is 0 Å². The highest BCUT2D eigenvalue weighted by Gasteiger charge is 2.13. The van der Waals surface area contributed by atoms with E-state index in [1.807, 2.05) is 28.8 Å². The van der Waals surface area contributed by atoms with Gasteiger partial charge in [-0.05, 0) is 25.2 Å². The van der Waals surface area contributed by atoms with E-state index in [1.54, 1.807) is 12.4 Å². The lowest BCUT2D eigenvalue weighted by Gasteiger charge is -2.03. The van der Waals surface area contributed by atoms with E-state index in [0.29, 0.717) is 6.54 Å². The van der Waals surface area contributed by atoms with Crippen LogP contribution >= 0.6 is 0 Å². The van der Waals surface area contributed by atoms with Crippen LogP contribution in [0.1, 0.15) is 16.2 Å². The smallest absolute Gasteiger partial charge is 0.271 e. The zero-order chi connectivity index (χ0) is 17.9. The van der Waals surface area contributed by atoms with E-state index in [0.717, 1.165) is 16.7 Å². The van der Waals surface area contributed by atoms with Crippen LogP contribution in [0.2, 0.25) is 0 Å². The predicted octanol–water partition coefficient (Wildman–Crippen LogP) is 0.0867. The summed E-state index contributed by atoms with van der Waals surface area (Å²) in [7, 11) is -2.02. The Bertz CT molecular complexity index is 992. The number of H-pyrrole nitrogens is 1. The fourth-order valence-corrected chi connectivity index (χ4v) is 2.95. The second-order valence-corrected chi connectivity index (χ2v) is 7.46. The van der Waals surface area contributed by atoms with Gasteiger partial charge in [-0.2, -0.15) is 5.10 Å². The third-order valence-electron chi connectivity index (χ3n) is 3.70. The average Bonchev–Trinajstić information content (AvgIpc) is 3.23. The Hall–Kier alpha value is -2.72. The molecule has 0 aliphatic carbocycles. The molecule has 3 N–H and O–H groups in total. The predicted molar refractivity (Wildman–Crippen MR) is 92.6 cm³/mol. The molecule has 3 aromatic rings. The van der Waals surface area contributed by atoms with E-state index in [-0.39, 0.29) is 18.0 Å². The maximum atomic E-state index is 12.0. The number of aromatic nitrogens is 4. The molecule has 0 fully saturated rings. The normalized spacial score (nSPS) is 11.7. The molecule has 0 atom stereocenters. The number of imidazole rings is 1. The number of nitrogens with zero attached hydrogens (tertiary/aromatic N) is 3. The minimum Gasteiger partial charge on any atom is -0.350 e. The number of hydrogen-bond donors (Lipinski definition) is 3. The zero-order valence-corrected chi connectivity index (χ0v) is 14.4. The molecule has 2 aromatic heterocycles. The van der Waals surface area contributed by atoms with Crippen molar-refractivity contribution >= 4 is 27.0 Å². The summed E-state index contributed by atoms with van der Waals surface area (Å²) in [5.41, 5.74) is 2.84.